The van der Waals surface area contributed by atoms with E-state index >= 15 is 0 Å². The number of halogens is 1. The molecule has 84 valence electrons. The Morgan fingerprint density at radius 1 is 1.44 bits per heavy atom. The SMILES string of the molecule is Cc1nc(-c2cccc(F)c2)sc1CCN. The normalized spacial score (nSPS) is 10.7. The molecule has 2 N–H and O–H groups in total. The highest BCUT2D eigenvalue weighted by molar-refractivity contribution is 7.15. The lowest BCUT2D eigenvalue weighted by Gasteiger charge is -1.95. The van der Waals surface area contributed by atoms with Crippen molar-refractivity contribution in [3.63, 3.8) is 0 Å². The number of benzene rings is 1. The molecule has 0 spiro atoms. The van der Waals surface area contributed by atoms with Gasteiger partial charge in [0.25, 0.3) is 0 Å². The second-order valence-corrected chi connectivity index (χ2v) is 4.66. The molecule has 2 rings (SSSR count). The van der Waals surface area contributed by atoms with Gasteiger partial charge in [-0.25, -0.2) is 9.37 Å². The molecule has 1 heterocycles. The molecule has 0 bridgehead atoms. The topological polar surface area (TPSA) is 38.9 Å². The minimum Gasteiger partial charge on any atom is -0.330 e. The van der Waals surface area contributed by atoms with Crippen LogP contribution in [0.15, 0.2) is 24.3 Å². The van der Waals surface area contributed by atoms with Crippen molar-refractivity contribution in [3.8, 4) is 10.6 Å². The Balaban J connectivity index is 2.37. The molecule has 0 saturated heterocycles. The van der Waals surface area contributed by atoms with Crippen LogP contribution >= 0.6 is 11.3 Å². The van der Waals surface area contributed by atoms with Crippen LogP contribution in [0.1, 0.15) is 10.6 Å². The van der Waals surface area contributed by atoms with Gasteiger partial charge in [0.2, 0.25) is 0 Å². The van der Waals surface area contributed by atoms with E-state index in [1.807, 2.05) is 13.0 Å². The fraction of sp³-hybridized carbons (Fsp3) is 0.250. The van der Waals surface area contributed by atoms with Crippen LogP contribution in [0.3, 0.4) is 0 Å². The molecule has 0 atom stereocenters. The van der Waals surface area contributed by atoms with Gasteiger partial charge in [0, 0.05) is 10.4 Å². The van der Waals surface area contributed by atoms with E-state index in [1.165, 1.54) is 17.0 Å². The smallest absolute Gasteiger partial charge is 0.123 e. The highest BCUT2D eigenvalue weighted by atomic mass is 32.1. The molecule has 4 heteroatoms. The van der Waals surface area contributed by atoms with Crippen LogP contribution in [0, 0.1) is 12.7 Å². The van der Waals surface area contributed by atoms with E-state index in [-0.39, 0.29) is 5.82 Å². The van der Waals surface area contributed by atoms with Gasteiger partial charge in [-0.15, -0.1) is 11.3 Å². The zero-order valence-electron chi connectivity index (χ0n) is 9.03. The molecule has 1 aromatic heterocycles. The Hall–Kier alpha value is -1.26. The van der Waals surface area contributed by atoms with E-state index in [0.717, 1.165) is 22.7 Å². The third kappa shape index (κ3) is 2.28. The maximum Gasteiger partial charge on any atom is 0.123 e. The van der Waals surface area contributed by atoms with Crippen LogP contribution < -0.4 is 5.73 Å². The molecule has 0 amide bonds. The van der Waals surface area contributed by atoms with E-state index < -0.39 is 0 Å². The molecule has 16 heavy (non-hydrogen) atoms. The minimum absolute atomic E-state index is 0.231. The molecule has 2 aromatic rings. The molecule has 0 radical (unpaired) electrons. The van der Waals surface area contributed by atoms with Gasteiger partial charge in [-0.1, -0.05) is 12.1 Å². The summed E-state index contributed by atoms with van der Waals surface area (Å²) >= 11 is 1.59. The summed E-state index contributed by atoms with van der Waals surface area (Å²) in [5.41, 5.74) is 7.35. The quantitative estimate of drug-likeness (QED) is 0.890. The predicted molar refractivity (Wildman–Crippen MR) is 65.0 cm³/mol. The van der Waals surface area contributed by atoms with E-state index in [0.29, 0.717) is 6.54 Å². The number of nitrogens with two attached hydrogens (primary N) is 1. The molecule has 0 saturated carbocycles. The number of thiazole rings is 1. The average Bonchev–Trinajstić information content (AvgIpc) is 2.61. The first-order chi connectivity index (χ1) is 7.70. The summed E-state index contributed by atoms with van der Waals surface area (Å²) in [5.74, 6) is -0.231. The Morgan fingerprint density at radius 2 is 2.25 bits per heavy atom. The first kappa shape index (κ1) is 11.2. The first-order valence-corrected chi connectivity index (χ1v) is 5.94. The standard InChI is InChI=1S/C12H13FN2S/c1-8-11(5-6-14)16-12(15-8)9-3-2-4-10(13)7-9/h2-4,7H,5-6,14H2,1H3. The number of hydrogen-bond donors (Lipinski definition) is 1. The molecule has 0 aliphatic carbocycles. The van der Waals surface area contributed by atoms with E-state index in [9.17, 15) is 4.39 Å². The van der Waals surface area contributed by atoms with Gasteiger partial charge in [-0.05, 0) is 32.0 Å². The largest absolute Gasteiger partial charge is 0.330 e. The molecule has 1 aromatic carbocycles. The Kier molecular flexibility index (Phi) is 3.31. The number of aromatic nitrogens is 1. The summed E-state index contributed by atoms with van der Waals surface area (Å²) in [6.45, 7) is 2.58. The first-order valence-electron chi connectivity index (χ1n) is 5.13. The van der Waals surface area contributed by atoms with Crippen molar-refractivity contribution >= 4 is 11.3 Å². The highest BCUT2D eigenvalue weighted by Gasteiger charge is 2.09. The van der Waals surface area contributed by atoms with E-state index in [2.05, 4.69) is 4.98 Å². The van der Waals surface area contributed by atoms with Crippen molar-refractivity contribution in [3.05, 3.63) is 40.7 Å². The molecule has 0 unspecified atom stereocenters. The lowest BCUT2D eigenvalue weighted by Crippen LogP contribution is -2.01. The van der Waals surface area contributed by atoms with Gasteiger partial charge < -0.3 is 5.73 Å². The summed E-state index contributed by atoms with van der Waals surface area (Å²) < 4.78 is 13.1. The molecule has 0 fully saturated rings. The fourth-order valence-corrected chi connectivity index (χ4v) is 2.61. The Labute approximate surface area is 97.9 Å². The maximum atomic E-state index is 13.1. The van der Waals surface area contributed by atoms with Crippen LogP contribution in [-0.2, 0) is 6.42 Å². The zero-order chi connectivity index (χ0) is 11.5. The lowest BCUT2D eigenvalue weighted by atomic mass is 10.2. The lowest BCUT2D eigenvalue weighted by molar-refractivity contribution is 0.628. The van der Waals surface area contributed by atoms with Crippen molar-refractivity contribution in [2.45, 2.75) is 13.3 Å². The van der Waals surface area contributed by atoms with Crippen molar-refractivity contribution < 1.29 is 4.39 Å². The van der Waals surface area contributed by atoms with Crippen molar-refractivity contribution in [2.75, 3.05) is 6.54 Å². The van der Waals surface area contributed by atoms with Gasteiger partial charge in [0.15, 0.2) is 0 Å². The van der Waals surface area contributed by atoms with Crippen molar-refractivity contribution in [1.82, 2.24) is 4.98 Å². The summed E-state index contributed by atoms with van der Waals surface area (Å²) in [5, 5.41) is 0.862. The maximum absolute atomic E-state index is 13.1. The Morgan fingerprint density at radius 3 is 2.94 bits per heavy atom. The molecule has 0 aliphatic rings. The number of rotatable bonds is 3. The highest BCUT2D eigenvalue weighted by Crippen LogP contribution is 2.28. The van der Waals surface area contributed by atoms with Gasteiger partial charge in [0.05, 0.1) is 5.69 Å². The second kappa shape index (κ2) is 4.72. The third-order valence-corrected chi connectivity index (χ3v) is 3.60. The summed E-state index contributed by atoms with van der Waals surface area (Å²) in [6.07, 6.45) is 0.832. The van der Waals surface area contributed by atoms with E-state index in [1.54, 1.807) is 17.4 Å². The molecule has 0 aliphatic heterocycles. The summed E-state index contributed by atoms with van der Waals surface area (Å²) in [6, 6.07) is 6.51. The van der Waals surface area contributed by atoms with Crippen LogP contribution in [-0.4, -0.2) is 11.5 Å². The predicted octanol–water partition coefficient (Wildman–Crippen LogP) is 2.76. The number of hydrogen-bond acceptors (Lipinski definition) is 3. The van der Waals surface area contributed by atoms with Crippen molar-refractivity contribution in [1.29, 1.82) is 0 Å². The van der Waals surface area contributed by atoms with Gasteiger partial charge >= 0.3 is 0 Å². The summed E-state index contributed by atoms with van der Waals surface area (Å²) in [7, 11) is 0. The Bertz CT molecular complexity index is 494. The zero-order valence-corrected chi connectivity index (χ0v) is 9.85. The van der Waals surface area contributed by atoms with Gasteiger partial charge in [0.1, 0.15) is 10.8 Å². The number of aryl methyl sites for hydroxylation is 1. The minimum atomic E-state index is -0.231. The molecular weight excluding hydrogens is 223 g/mol. The average molecular weight is 236 g/mol. The van der Waals surface area contributed by atoms with Crippen molar-refractivity contribution in [2.24, 2.45) is 5.73 Å². The molecular formula is C12H13FN2S. The fourth-order valence-electron chi connectivity index (χ4n) is 1.54. The number of nitrogens with zero attached hydrogens (tertiary/aromatic N) is 1. The molecule has 2 nitrogen and oxygen atoms in total. The van der Waals surface area contributed by atoms with Gasteiger partial charge in [-0.3, -0.25) is 0 Å². The monoisotopic (exact) mass is 236 g/mol. The third-order valence-electron chi connectivity index (χ3n) is 2.34. The van der Waals surface area contributed by atoms with E-state index in [4.69, 9.17) is 5.73 Å². The van der Waals surface area contributed by atoms with Gasteiger partial charge in [-0.2, -0.15) is 0 Å². The van der Waals surface area contributed by atoms with Crippen LogP contribution in [0.25, 0.3) is 10.6 Å². The summed E-state index contributed by atoms with van der Waals surface area (Å²) in [4.78, 5) is 5.62. The second-order valence-electron chi connectivity index (χ2n) is 3.58. The van der Waals surface area contributed by atoms with Crippen LogP contribution in [0.5, 0.6) is 0 Å². The van der Waals surface area contributed by atoms with Crippen LogP contribution in [0.4, 0.5) is 4.39 Å². The van der Waals surface area contributed by atoms with Crippen LogP contribution in [0.2, 0.25) is 0 Å².